The third kappa shape index (κ3) is 3.15. The van der Waals surface area contributed by atoms with Gasteiger partial charge in [0.05, 0.1) is 0 Å². The van der Waals surface area contributed by atoms with Gasteiger partial charge in [-0.25, -0.2) is 0 Å². The van der Waals surface area contributed by atoms with Crippen molar-refractivity contribution in [3.05, 3.63) is 34.9 Å². The van der Waals surface area contributed by atoms with Crippen LogP contribution >= 0.6 is 0 Å². The van der Waals surface area contributed by atoms with E-state index in [9.17, 15) is 20.1 Å². The Morgan fingerprint density at radius 1 is 1.41 bits per heavy atom. The zero-order valence-corrected chi connectivity index (χ0v) is 13.0. The lowest BCUT2D eigenvalue weighted by Crippen LogP contribution is -2.44. The molecule has 0 saturated carbocycles. The van der Waals surface area contributed by atoms with Crippen molar-refractivity contribution < 1.29 is 24.9 Å². The fourth-order valence-corrected chi connectivity index (χ4v) is 2.76. The highest BCUT2D eigenvalue weighted by atomic mass is 16.5. The minimum absolute atomic E-state index is 0.113. The summed E-state index contributed by atoms with van der Waals surface area (Å²) in [5, 5.41) is 30.7. The van der Waals surface area contributed by atoms with E-state index in [2.05, 4.69) is 0 Å². The number of benzene rings is 1. The number of phenols is 1. The monoisotopic (exact) mass is 306 g/mol. The molecule has 5 nitrogen and oxygen atoms in total. The highest BCUT2D eigenvalue weighted by molar-refractivity contribution is 5.80. The van der Waals surface area contributed by atoms with Gasteiger partial charge in [-0.05, 0) is 39.7 Å². The Balaban J connectivity index is 2.25. The van der Waals surface area contributed by atoms with Gasteiger partial charge in [-0.2, -0.15) is 0 Å². The van der Waals surface area contributed by atoms with E-state index in [1.807, 2.05) is 19.9 Å². The number of aromatic hydroxyl groups is 1. The smallest absolute Gasteiger partial charge is 0.157 e. The molecule has 1 heterocycles. The second-order valence-electron chi connectivity index (χ2n) is 6.23. The zero-order chi connectivity index (χ0) is 16.5. The Kier molecular flexibility index (Phi) is 4.58. The largest absolute Gasteiger partial charge is 0.508 e. The Morgan fingerprint density at radius 2 is 2.09 bits per heavy atom. The molecule has 5 heteroatoms. The van der Waals surface area contributed by atoms with Crippen LogP contribution in [-0.2, 0) is 0 Å². The average Bonchev–Trinajstić information content (AvgIpc) is 2.75. The molecule has 0 saturated heterocycles. The van der Waals surface area contributed by atoms with Crippen LogP contribution in [0.3, 0.4) is 0 Å². The van der Waals surface area contributed by atoms with E-state index in [4.69, 9.17) is 4.74 Å². The first kappa shape index (κ1) is 16.5. The number of phenolic OH excluding ortho intramolecular Hbond substituents is 1. The molecule has 0 unspecified atom stereocenters. The van der Waals surface area contributed by atoms with Crippen LogP contribution < -0.4 is 4.74 Å². The van der Waals surface area contributed by atoms with Gasteiger partial charge in [-0.1, -0.05) is 11.6 Å². The highest BCUT2D eigenvalue weighted by Gasteiger charge is 2.45. The van der Waals surface area contributed by atoms with Gasteiger partial charge in [0.1, 0.15) is 23.2 Å². The quantitative estimate of drug-likeness (QED) is 0.575. The molecule has 1 aliphatic rings. The molecular weight excluding hydrogens is 284 g/mol. The standard InChI is InChI=1S/C17H22O5/c1-10(2)5-4-6-17(3,21)16-15(20)14-11(9-18)7-12(19)8-13(14)22-16/h5,7-9,15-16,19-21H,4,6H2,1-3H3/t15-,16+,17-/m0/s1. The molecule has 1 aromatic rings. The number of hydrogen-bond acceptors (Lipinski definition) is 5. The second kappa shape index (κ2) is 6.10. The predicted octanol–water partition coefficient (Wildman–Crippen LogP) is 2.50. The zero-order valence-electron chi connectivity index (χ0n) is 13.0. The van der Waals surface area contributed by atoms with Gasteiger partial charge in [-0.3, -0.25) is 4.79 Å². The van der Waals surface area contributed by atoms with E-state index in [-0.39, 0.29) is 17.1 Å². The van der Waals surface area contributed by atoms with E-state index in [1.165, 1.54) is 12.1 Å². The topological polar surface area (TPSA) is 87.0 Å². The molecule has 22 heavy (non-hydrogen) atoms. The summed E-state index contributed by atoms with van der Waals surface area (Å²) in [6.07, 6.45) is 1.64. The van der Waals surface area contributed by atoms with Crippen LogP contribution in [0.5, 0.6) is 11.5 Å². The molecule has 0 spiro atoms. The molecule has 0 radical (unpaired) electrons. The first-order valence-corrected chi connectivity index (χ1v) is 7.29. The van der Waals surface area contributed by atoms with Crippen molar-refractivity contribution in [3.63, 3.8) is 0 Å². The molecule has 120 valence electrons. The first-order chi connectivity index (χ1) is 10.3. The number of carbonyl (C=O) groups excluding carboxylic acids is 1. The summed E-state index contributed by atoms with van der Waals surface area (Å²) in [4.78, 5) is 11.1. The molecule has 3 atom stereocenters. The van der Waals surface area contributed by atoms with Crippen molar-refractivity contribution in [2.45, 2.75) is 51.4 Å². The van der Waals surface area contributed by atoms with Crippen molar-refractivity contribution >= 4 is 6.29 Å². The number of rotatable bonds is 5. The van der Waals surface area contributed by atoms with Crippen LogP contribution in [0.1, 0.15) is 55.6 Å². The molecule has 0 aliphatic carbocycles. The van der Waals surface area contributed by atoms with Crippen LogP contribution in [0.4, 0.5) is 0 Å². The molecule has 3 N–H and O–H groups in total. The SMILES string of the molecule is CC(C)=CCC[C@](C)(O)[C@@H]1Oc2cc(O)cc(C=O)c2[C@@H]1O. The van der Waals surface area contributed by atoms with Gasteiger partial charge >= 0.3 is 0 Å². The molecular formula is C17H22O5. The van der Waals surface area contributed by atoms with Gasteiger partial charge in [0, 0.05) is 17.2 Å². The molecule has 0 aromatic heterocycles. The van der Waals surface area contributed by atoms with Crippen molar-refractivity contribution in [3.8, 4) is 11.5 Å². The number of carbonyl (C=O) groups is 1. The van der Waals surface area contributed by atoms with Crippen LogP contribution in [0.15, 0.2) is 23.8 Å². The van der Waals surface area contributed by atoms with Crippen molar-refractivity contribution in [1.82, 2.24) is 0 Å². The summed E-state index contributed by atoms with van der Waals surface area (Å²) < 4.78 is 5.63. The fraction of sp³-hybridized carbons (Fsp3) is 0.471. The summed E-state index contributed by atoms with van der Waals surface area (Å²) >= 11 is 0. The number of hydrogen-bond donors (Lipinski definition) is 3. The lowest BCUT2D eigenvalue weighted by atomic mass is 9.87. The van der Waals surface area contributed by atoms with E-state index >= 15 is 0 Å². The highest BCUT2D eigenvalue weighted by Crippen LogP contribution is 2.45. The Hall–Kier alpha value is -1.85. The van der Waals surface area contributed by atoms with Crippen molar-refractivity contribution in [2.75, 3.05) is 0 Å². The van der Waals surface area contributed by atoms with Crippen LogP contribution in [0.25, 0.3) is 0 Å². The van der Waals surface area contributed by atoms with Crippen LogP contribution in [-0.4, -0.2) is 33.3 Å². The van der Waals surface area contributed by atoms with E-state index < -0.39 is 17.8 Å². The minimum atomic E-state index is -1.26. The summed E-state index contributed by atoms with van der Waals surface area (Å²) in [7, 11) is 0. The number of aliphatic hydroxyl groups excluding tert-OH is 1. The van der Waals surface area contributed by atoms with Crippen LogP contribution in [0.2, 0.25) is 0 Å². The predicted molar refractivity (Wildman–Crippen MR) is 82.2 cm³/mol. The second-order valence-corrected chi connectivity index (χ2v) is 6.23. The summed E-state index contributed by atoms with van der Waals surface area (Å²) in [5.41, 5.74) is 0.380. The van der Waals surface area contributed by atoms with E-state index in [0.717, 1.165) is 5.57 Å². The minimum Gasteiger partial charge on any atom is -0.508 e. The van der Waals surface area contributed by atoms with Gasteiger partial charge < -0.3 is 20.1 Å². The molecule has 2 rings (SSSR count). The number of fused-ring (bicyclic) bond motifs is 1. The molecule has 0 fully saturated rings. The Labute approximate surface area is 129 Å². The van der Waals surface area contributed by atoms with E-state index in [0.29, 0.717) is 24.7 Å². The van der Waals surface area contributed by atoms with Crippen molar-refractivity contribution in [1.29, 1.82) is 0 Å². The Morgan fingerprint density at radius 3 is 2.68 bits per heavy atom. The maximum absolute atomic E-state index is 11.1. The van der Waals surface area contributed by atoms with Gasteiger partial charge in [0.25, 0.3) is 0 Å². The summed E-state index contributed by atoms with van der Waals surface area (Å²) in [5.74, 6) is 0.125. The van der Waals surface area contributed by atoms with Gasteiger partial charge in [0.15, 0.2) is 12.4 Å². The van der Waals surface area contributed by atoms with E-state index in [1.54, 1.807) is 6.92 Å². The first-order valence-electron chi connectivity index (χ1n) is 7.29. The number of ether oxygens (including phenoxy) is 1. The van der Waals surface area contributed by atoms with Gasteiger partial charge in [0.2, 0.25) is 0 Å². The maximum atomic E-state index is 11.1. The van der Waals surface area contributed by atoms with Gasteiger partial charge in [-0.15, -0.1) is 0 Å². The number of aliphatic hydroxyl groups is 2. The fourth-order valence-electron chi connectivity index (χ4n) is 2.76. The average molecular weight is 306 g/mol. The molecule has 0 bridgehead atoms. The third-order valence-electron chi connectivity index (χ3n) is 3.94. The lowest BCUT2D eigenvalue weighted by molar-refractivity contribution is -0.0913. The number of aldehydes is 1. The summed E-state index contributed by atoms with van der Waals surface area (Å²) in [6, 6.07) is 2.62. The lowest BCUT2D eigenvalue weighted by Gasteiger charge is -2.31. The third-order valence-corrected chi connectivity index (χ3v) is 3.94. The molecule has 0 amide bonds. The number of allylic oxidation sites excluding steroid dienone is 2. The molecule has 1 aromatic carbocycles. The van der Waals surface area contributed by atoms with Crippen LogP contribution in [0, 0.1) is 0 Å². The van der Waals surface area contributed by atoms with Crippen molar-refractivity contribution in [2.24, 2.45) is 0 Å². The normalized spacial score (nSPS) is 22.4. The Bertz CT molecular complexity index is 599. The maximum Gasteiger partial charge on any atom is 0.157 e. The molecule has 1 aliphatic heterocycles. The summed E-state index contributed by atoms with van der Waals surface area (Å²) in [6.45, 7) is 5.56.